The molecular weight excluding hydrogens is 304 g/mol. The van der Waals surface area contributed by atoms with Gasteiger partial charge >= 0.3 is 0 Å². The monoisotopic (exact) mass is 324 g/mol. The maximum absolute atomic E-state index is 5.97. The largest absolute Gasteiger partial charge is 0.379 e. The summed E-state index contributed by atoms with van der Waals surface area (Å²) in [5.41, 5.74) is 9.78. The molecule has 1 aliphatic heterocycles. The number of benzene rings is 1. The molecule has 7 nitrogen and oxygen atoms in total. The maximum atomic E-state index is 5.97. The standard InChI is InChI=1S/C17H20N6O/c1-12(22-6-8-24-9-7-22)13-2-4-14(5-3-13)15-10-16-21-19-11-23(16)17(18)20-15/h2-5,10-12H,6-9H2,1H3,(H2,18,20). The van der Waals surface area contributed by atoms with Crippen LogP contribution in [-0.2, 0) is 4.74 Å². The van der Waals surface area contributed by atoms with E-state index < -0.39 is 0 Å². The van der Waals surface area contributed by atoms with Crippen molar-refractivity contribution >= 4 is 11.6 Å². The van der Waals surface area contributed by atoms with Gasteiger partial charge < -0.3 is 10.5 Å². The third-order valence-electron chi connectivity index (χ3n) is 4.60. The quantitative estimate of drug-likeness (QED) is 0.791. The average molecular weight is 324 g/mol. The van der Waals surface area contributed by atoms with E-state index in [0.29, 0.717) is 17.6 Å². The highest BCUT2D eigenvalue weighted by Crippen LogP contribution is 2.25. The summed E-state index contributed by atoms with van der Waals surface area (Å²) >= 11 is 0. The normalized spacial score (nSPS) is 17.2. The van der Waals surface area contributed by atoms with Crippen molar-refractivity contribution < 1.29 is 4.74 Å². The third kappa shape index (κ3) is 2.72. The van der Waals surface area contributed by atoms with Crippen LogP contribution in [0.15, 0.2) is 36.7 Å². The number of nitrogens with two attached hydrogens (primary N) is 1. The Morgan fingerprint density at radius 1 is 1.17 bits per heavy atom. The average Bonchev–Trinajstić information content (AvgIpc) is 3.11. The number of fused-ring (bicyclic) bond motifs is 1. The van der Waals surface area contributed by atoms with E-state index in [0.717, 1.165) is 37.6 Å². The molecule has 24 heavy (non-hydrogen) atoms. The first-order chi connectivity index (χ1) is 11.7. The Hall–Kier alpha value is -2.51. The van der Waals surface area contributed by atoms with E-state index in [-0.39, 0.29) is 0 Å². The second-order valence-electron chi connectivity index (χ2n) is 6.01. The highest BCUT2D eigenvalue weighted by molar-refractivity contribution is 5.65. The molecule has 1 fully saturated rings. The van der Waals surface area contributed by atoms with Gasteiger partial charge in [0.2, 0.25) is 5.95 Å². The van der Waals surface area contributed by atoms with E-state index in [4.69, 9.17) is 10.5 Å². The van der Waals surface area contributed by atoms with E-state index in [1.807, 2.05) is 6.07 Å². The van der Waals surface area contributed by atoms with Crippen LogP contribution in [0, 0.1) is 0 Å². The molecule has 1 aliphatic rings. The molecule has 1 atom stereocenters. The molecule has 1 unspecified atom stereocenters. The molecule has 4 rings (SSSR count). The van der Waals surface area contributed by atoms with Gasteiger partial charge in [0, 0.05) is 30.8 Å². The molecule has 3 aromatic rings. The van der Waals surface area contributed by atoms with Crippen molar-refractivity contribution in [2.45, 2.75) is 13.0 Å². The van der Waals surface area contributed by atoms with Crippen molar-refractivity contribution in [1.29, 1.82) is 0 Å². The van der Waals surface area contributed by atoms with Gasteiger partial charge in [0.25, 0.3) is 0 Å². The molecule has 0 bridgehead atoms. The van der Waals surface area contributed by atoms with Gasteiger partial charge in [-0.3, -0.25) is 9.30 Å². The predicted octanol–water partition coefficient (Wildman–Crippen LogP) is 1.77. The van der Waals surface area contributed by atoms with E-state index in [1.165, 1.54) is 5.56 Å². The summed E-state index contributed by atoms with van der Waals surface area (Å²) in [5, 5.41) is 7.91. The molecule has 1 aromatic carbocycles. The molecule has 0 spiro atoms. The Kier molecular flexibility index (Phi) is 3.87. The van der Waals surface area contributed by atoms with Crippen molar-refractivity contribution in [3.8, 4) is 11.3 Å². The van der Waals surface area contributed by atoms with E-state index in [2.05, 4.69) is 51.3 Å². The number of nitrogen functional groups attached to an aromatic ring is 1. The SMILES string of the molecule is CC(c1ccc(-c2cc3nncn3c(N)n2)cc1)N1CCOCC1. The highest BCUT2D eigenvalue weighted by atomic mass is 16.5. The number of aromatic nitrogens is 4. The second-order valence-corrected chi connectivity index (χ2v) is 6.01. The van der Waals surface area contributed by atoms with Gasteiger partial charge in [-0.2, -0.15) is 0 Å². The Morgan fingerprint density at radius 3 is 2.67 bits per heavy atom. The van der Waals surface area contributed by atoms with Gasteiger partial charge in [-0.1, -0.05) is 24.3 Å². The molecule has 2 aromatic heterocycles. The zero-order valence-corrected chi connectivity index (χ0v) is 13.6. The van der Waals surface area contributed by atoms with E-state index in [9.17, 15) is 0 Å². The lowest BCUT2D eigenvalue weighted by atomic mass is 10.0. The summed E-state index contributed by atoms with van der Waals surface area (Å²) in [6.07, 6.45) is 1.56. The Labute approximate surface area is 140 Å². The van der Waals surface area contributed by atoms with Crippen LogP contribution in [0.5, 0.6) is 0 Å². The van der Waals surface area contributed by atoms with Gasteiger partial charge in [0.1, 0.15) is 6.33 Å². The molecule has 0 saturated carbocycles. The van der Waals surface area contributed by atoms with Gasteiger partial charge in [0.15, 0.2) is 5.65 Å². The number of nitrogens with zero attached hydrogens (tertiary/aromatic N) is 5. The van der Waals surface area contributed by atoms with E-state index in [1.54, 1.807) is 10.7 Å². The van der Waals surface area contributed by atoms with Crippen LogP contribution in [0.1, 0.15) is 18.5 Å². The summed E-state index contributed by atoms with van der Waals surface area (Å²) in [4.78, 5) is 6.88. The molecule has 2 N–H and O–H groups in total. The first kappa shape index (κ1) is 15.0. The molecular formula is C17H20N6O. The number of hydrogen-bond acceptors (Lipinski definition) is 6. The second kappa shape index (κ2) is 6.18. The lowest BCUT2D eigenvalue weighted by Gasteiger charge is -2.32. The van der Waals surface area contributed by atoms with E-state index >= 15 is 0 Å². The smallest absolute Gasteiger partial charge is 0.207 e. The van der Waals surface area contributed by atoms with Crippen molar-refractivity contribution in [2.75, 3.05) is 32.0 Å². The molecule has 1 saturated heterocycles. The molecule has 7 heteroatoms. The van der Waals surface area contributed by atoms with Gasteiger partial charge in [-0.25, -0.2) is 4.98 Å². The van der Waals surface area contributed by atoms with Crippen LogP contribution < -0.4 is 5.73 Å². The van der Waals surface area contributed by atoms with Crippen molar-refractivity contribution in [3.05, 3.63) is 42.2 Å². The lowest BCUT2D eigenvalue weighted by molar-refractivity contribution is 0.0198. The minimum atomic E-state index is 0.375. The Balaban J connectivity index is 1.60. The van der Waals surface area contributed by atoms with Crippen LogP contribution in [0.3, 0.4) is 0 Å². The first-order valence-electron chi connectivity index (χ1n) is 8.11. The topological polar surface area (TPSA) is 81.6 Å². The van der Waals surface area contributed by atoms with Crippen molar-refractivity contribution in [2.24, 2.45) is 0 Å². The van der Waals surface area contributed by atoms with Gasteiger partial charge in [-0.15, -0.1) is 10.2 Å². The molecule has 3 heterocycles. The van der Waals surface area contributed by atoms with Crippen LogP contribution in [0.25, 0.3) is 16.9 Å². The summed E-state index contributed by atoms with van der Waals surface area (Å²) in [7, 11) is 0. The van der Waals surface area contributed by atoms with Crippen LogP contribution in [0.4, 0.5) is 5.95 Å². The fourth-order valence-corrected chi connectivity index (χ4v) is 3.11. The Bertz CT molecular complexity index is 838. The summed E-state index contributed by atoms with van der Waals surface area (Å²) in [6, 6.07) is 10.7. The fourth-order valence-electron chi connectivity index (χ4n) is 3.11. The minimum Gasteiger partial charge on any atom is -0.379 e. The zero-order valence-electron chi connectivity index (χ0n) is 13.6. The fraction of sp³-hybridized carbons (Fsp3) is 0.353. The van der Waals surface area contributed by atoms with Crippen LogP contribution >= 0.6 is 0 Å². The van der Waals surface area contributed by atoms with Gasteiger partial charge in [-0.05, 0) is 12.5 Å². The predicted molar refractivity (Wildman–Crippen MR) is 91.4 cm³/mol. The minimum absolute atomic E-state index is 0.375. The van der Waals surface area contributed by atoms with Crippen molar-refractivity contribution in [3.63, 3.8) is 0 Å². The summed E-state index contributed by atoms with van der Waals surface area (Å²) in [5.74, 6) is 0.387. The number of ether oxygens (including phenoxy) is 1. The van der Waals surface area contributed by atoms with Crippen LogP contribution in [-0.4, -0.2) is 50.8 Å². The third-order valence-corrected chi connectivity index (χ3v) is 4.60. The molecule has 0 amide bonds. The number of morpholine rings is 1. The number of hydrogen-bond donors (Lipinski definition) is 1. The molecule has 0 radical (unpaired) electrons. The zero-order chi connectivity index (χ0) is 16.5. The molecule has 124 valence electrons. The molecule has 0 aliphatic carbocycles. The van der Waals surface area contributed by atoms with Crippen LogP contribution in [0.2, 0.25) is 0 Å². The summed E-state index contributed by atoms with van der Waals surface area (Å²) in [6.45, 7) is 5.81. The summed E-state index contributed by atoms with van der Waals surface area (Å²) < 4.78 is 7.09. The highest BCUT2D eigenvalue weighted by Gasteiger charge is 2.18. The first-order valence-corrected chi connectivity index (χ1v) is 8.11. The Morgan fingerprint density at radius 2 is 1.92 bits per heavy atom. The maximum Gasteiger partial charge on any atom is 0.207 e. The number of rotatable bonds is 3. The lowest BCUT2D eigenvalue weighted by Crippen LogP contribution is -2.37. The van der Waals surface area contributed by atoms with Gasteiger partial charge in [0.05, 0.1) is 18.9 Å². The number of anilines is 1. The van der Waals surface area contributed by atoms with Crippen molar-refractivity contribution in [1.82, 2.24) is 24.5 Å².